The van der Waals surface area contributed by atoms with Crippen molar-refractivity contribution in [2.24, 2.45) is 11.8 Å². The van der Waals surface area contributed by atoms with Crippen LogP contribution >= 0.6 is 0 Å². The Bertz CT molecular complexity index is 188. The van der Waals surface area contributed by atoms with Gasteiger partial charge in [-0.3, -0.25) is 4.79 Å². The molecule has 1 aliphatic rings. The third-order valence-electron chi connectivity index (χ3n) is 2.97. The average molecular weight is 199 g/mol. The lowest BCUT2D eigenvalue weighted by atomic mass is 9.85. The Morgan fingerprint density at radius 2 is 2.14 bits per heavy atom. The van der Waals surface area contributed by atoms with Crippen molar-refractivity contribution in [2.75, 3.05) is 13.7 Å². The second-order valence-electron chi connectivity index (χ2n) is 4.45. The molecule has 0 aromatic carbocycles. The molecule has 14 heavy (non-hydrogen) atoms. The third kappa shape index (κ3) is 2.98. The summed E-state index contributed by atoms with van der Waals surface area (Å²) >= 11 is 0. The van der Waals surface area contributed by atoms with E-state index < -0.39 is 0 Å². The minimum atomic E-state index is -0.140. The van der Waals surface area contributed by atoms with Gasteiger partial charge in [-0.05, 0) is 31.2 Å². The Morgan fingerprint density at radius 3 is 2.50 bits per heavy atom. The van der Waals surface area contributed by atoms with Gasteiger partial charge in [0.05, 0.1) is 7.11 Å². The molecule has 0 amide bonds. The van der Waals surface area contributed by atoms with Crippen molar-refractivity contribution in [3.63, 3.8) is 0 Å². The summed E-state index contributed by atoms with van der Waals surface area (Å²) in [5, 5.41) is 3.30. The van der Waals surface area contributed by atoms with Crippen molar-refractivity contribution in [3.8, 4) is 0 Å². The first-order chi connectivity index (χ1) is 6.65. The summed E-state index contributed by atoms with van der Waals surface area (Å²) in [5.74, 6) is 0.933. The zero-order chi connectivity index (χ0) is 10.6. The number of hydrogen-bond acceptors (Lipinski definition) is 3. The lowest BCUT2D eigenvalue weighted by molar-refractivity contribution is -0.144. The third-order valence-corrected chi connectivity index (χ3v) is 2.97. The minimum absolute atomic E-state index is 0.138. The SMILES string of the molecule is COC(=O)[C@@H](NCC1CCC1)C(C)C. The van der Waals surface area contributed by atoms with Gasteiger partial charge >= 0.3 is 5.97 Å². The summed E-state index contributed by atoms with van der Waals surface area (Å²) < 4.78 is 4.76. The van der Waals surface area contributed by atoms with Gasteiger partial charge in [0.1, 0.15) is 6.04 Å². The molecule has 0 heterocycles. The van der Waals surface area contributed by atoms with E-state index in [2.05, 4.69) is 5.32 Å². The monoisotopic (exact) mass is 199 g/mol. The zero-order valence-corrected chi connectivity index (χ0v) is 9.38. The van der Waals surface area contributed by atoms with Gasteiger partial charge in [0.2, 0.25) is 0 Å². The summed E-state index contributed by atoms with van der Waals surface area (Å²) in [6.45, 7) is 5.03. The Hall–Kier alpha value is -0.570. The smallest absolute Gasteiger partial charge is 0.323 e. The molecule has 0 unspecified atom stereocenters. The molecule has 0 saturated heterocycles. The van der Waals surface area contributed by atoms with Gasteiger partial charge in [-0.25, -0.2) is 0 Å². The molecule has 0 radical (unpaired) electrons. The van der Waals surface area contributed by atoms with Crippen LogP contribution in [0.5, 0.6) is 0 Å². The standard InChI is InChI=1S/C11H21NO2/c1-8(2)10(11(13)14-3)12-7-9-5-4-6-9/h8-10,12H,4-7H2,1-3H3/t10-/m0/s1. The maximum Gasteiger partial charge on any atom is 0.323 e. The van der Waals surface area contributed by atoms with Gasteiger partial charge in [0.25, 0.3) is 0 Å². The van der Waals surface area contributed by atoms with E-state index in [4.69, 9.17) is 4.74 Å². The molecular weight excluding hydrogens is 178 g/mol. The molecule has 0 aromatic rings. The molecule has 1 N–H and O–H groups in total. The van der Waals surface area contributed by atoms with E-state index in [-0.39, 0.29) is 12.0 Å². The van der Waals surface area contributed by atoms with Crippen LogP contribution in [-0.4, -0.2) is 25.7 Å². The average Bonchev–Trinajstić information content (AvgIpc) is 2.07. The van der Waals surface area contributed by atoms with Crippen LogP contribution in [-0.2, 0) is 9.53 Å². The lowest BCUT2D eigenvalue weighted by Gasteiger charge is -2.28. The van der Waals surface area contributed by atoms with Crippen molar-refractivity contribution in [3.05, 3.63) is 0 Å². The van der Waals surface area contributed by atoms with E-state index in [9.17, 15) is 4.79 Å². The molecule has 3 nitrogen and oxygen atoms in total. The Kier molecular flexibility index (Phi) is 4.39. The quantitative estimate of drug-likeness (QED) is 0.683. The second kappa shape index (κ2) is 5.35. The van der Waals surface area contributed by atoms with Crippen molar-refractivity contribution >= 4 is 5.97 Å². The summed E-state index contributed by atoms with van der Waals surface area (Å²) in [7, 11) is 1.45. The first kappa shape index (κ1) is 11.5. The van der Waals surface area contributed by atoms with E-state index in [0.29, 0.717) is 5.92 Å². The molecule has 1 saturated carbocycles. The number of hydrogen-bond donors (Lipinski definition) is 1. The van der Waals surface area contributed by atoms with Crippen molar-refractivity contribution in [1.29, 1.82) is 0 Å². The van der Waals surface area contributed by atoms with Gasteiger partial charge < -0.3 is 10.1 Å². The lowest BCUT2D eigenvalue weighted by Crippen LogP contribution is -2.44. The summed E-state index contributed by atoms with van der Waals surface area (Å²) in [6, 6.07) is -0.138. The Balaban J connectivity index is 2.30. The molecule has 1 rings (SSSR count). The molecule has 0 aromatic heterocycles. The van der Waals surface area contributed by atoms with Crippen LogP contribution in [0.2, 0.25) is 0 Å². The predicted molar refractivity (Wildman–Crippen MR) is 56.0 cm³/mol. The van der Waals surface area contributed by atoms with E-state index in [1.165, 1.54) is 26.4 Å². The largest absolute Gasteiger partial charge is 0.468 e. The fourth-order valence-electron chi connectivity index (χ4n) is 1.71. The van der Waals surface area contributed by atoms with Gasteiger partial charge in [0.15, 0.2) is 0 Å². The van der Waals surface area contributed by atoms with Gasteiger partial charge in [-0.15, -0.1) is 0 Å². The van der Waals surface area contributed by atoms with Crippen LogP contribution in [0, 0.1) is 11.8 Å². The van der Waals surface area contributed by atoms with E-state index in [0.717, 1.165) is 12.5 Å². The van der Waals surface area contributed by atoms with Crippen LogP contribution in [0.4, 0.5) is 0 Å². The normalized spacial score (nSPS) is 19.1. The zero-order valence-electron chi connectivity index (χ0n) is 9.38. The molecule has 0 bridgehead atoms. The molecule has 0 aliphatic heterocycles. The van der Waals surface area contributed by atoms with Crippen molar-refractivity contribution < 1.29 is 9.53 Å². The summed E-state index contributed by atoms with van der Waals surface area (Å²) in [5.41, 5.74) is 0. The van der Waals surface area contributed by atoms with Gasteiger partial charge in [-0.1, -0.05) is 20.3 Å². The maximum absolute atomic E-state index is 11.4. The molecule has 3 heteroatoms. The summed E-state index contributed by atoms with van der Waals surface area (Å²) in [4.78, 5) is 11.4. The number of esters is 1. The minimum Gasteiger partial charge on any atom is -0.468 e. The predicted octanol–water partition coefficient (Wildman–Crippen LogP) is 1.57. The van der Waals surface area contributed by atoms with Crippen molar-refractivity contribution in [1.82, 2.24) is 5.32 Å². The van der Waals surface area contributed by atoms with Crippen molar-refractivity contribution in [2.45, 2.75) is 39.2 Å². The number of methoxy groups -OCH3 is 1. The molecule has 82 valence electrons. The first-order valence-corrected chi connectivity index (χ1v) is 5.46. The first-order valence-electron chi connectivity index (χ1n) is 5.46. The number of rotatable bonds is 5. The molecule has 1 atom stereocenters. The Labute approximate surface area is 86.2 Å². The van der Waals surface area contributed by atoms with Crippen LogP contribution < -0.4 is 5.32 Å². The van der Waals surface area contributed by atoms with E-state index in [1.54, 1.807) is 0 Å². The number of carbonyl (C=O) groups excluding carboxylic acids is 1. The highest BCUT2D eigenvalue weighted by molar-refractivity contribution is 5.75. The molecular formula is C11H21NO2. The van der Waals surface area contributed by atoms with Gasteiger partial charge in [-0.2, -0.15) is 0 Å². The van der Waals surface area contributed by atoms with Crippen LogP contribution in [0.15, 0.2) is 0 Å². The Morgan fingerprint density at radius 1 is 1.50 bits per heavy atom. The number of ether oxygens (including phenoxy) is 1. The van der Waals surface area contributed by atoms with Crippen LogP contribution in [0.25, 0.3) is 0 Å². The maximum atomic E-state index is 11.4. The highest BCUT2D eigenvalue weighted by atomic mass is 16.5. The summed E-state index contributed by atoms with van der Waals surface area (Å²) in [6.07, 6.45) is 3.95. The fraction of sp³-hybridized carbons (Fsp3) is 0.909. The number of nitrogens with one attached hydrogen (secondary N) is 1. The van der Waals surface area contributed by atoms with Crippen LogP contribution in [0.3, 0.4) is 0 Å². The van der Waals surface area contributed by atoms with E-state index in [1.807, 2.05) is 13.8 Å². The molecule has 0 spiro atoms. The molecule has 1 aliphatic carbocycles. The highest BCUT2D eigenvalue weighted by Crippen LogP contribution is 2.25. The fourth-order valence-corrected chi connectivity index (χ4v) is 1.71. The number of carbonyl (C=O) groups is 1. The second-order valence-corrected chi connectivity index (χ2v) is 4.45. The topological polar surface area (TPSA) is 38.3 Å². The highest BCUT2D eigenvalue weighted by Gasteiger charge is 2.25. The van der Waals surface area contributed by atoms with Gasteiger partial charge in [0, 0.05) is 0 Å². The van der Waals surface area contributed by atoms with E-state index >= 15 is 0 Å². The van der Waals surface area contributed by atoms with Crippen LogP contribution in [0.1, 0.15) is 33.1 Å². The molecule has 1 fully saturated rings.